The number of nitrogens with one attached hydrogen (secondary N) is 1. The quantitative estimate of drug-likeness (QED) is 0.863. The summed E-state index contributed by atoms with van der Waals surface area (Å²) in [7, 11) is 0. The predicted molar refractivity (Wildman–Crippen MR) is 71.0 cm³/mol. The Morgan fingerprint density at radius 1 is 1.42 bits per heavy atom. The molecule has 4 heterocycles. The summed E-state index contributed by atoms with van der Waals surface area (Å²) in [4.78, 5) is 18.9. The lowest BCUT2D eigenvalue weighted by molar-refractivity contribution is 0.0919. The van der Waals surface area contributed by atoms with Crippen LogP contribution in [0, 0.1) is 5.92 Å². The molecule has 1 N–H and O–H groups in total. The van der Waals surface area contributed by atoms with E-state index >= 15 is 0 Å². The number of fused-ring (bicyclic) bond motifs is 3. The van der Waals surface area contributed by atoms with Gasteiger partial charge in [0.1, 0.15) is 5.69 Å². The largest absolute Gasteiger partial charge is 0.346 e. The van der Waals surface area contributed by atoms with Gasteiger partial charge >= 0.3 is 0 Å². The summed E-state index contributed by atoms with van der Waals surface area (Å²) in [5, 5.41) is 3.13. The molecule has 2 unspecified atom stereocenters. The van der Waals surface area contributed by atoms with Crippen molar-refractivity contribution in [2.24, 2.45) is 5.92 Å². The number of aromatic nitrogens is 2. The Balaban J connectivity index is 1.53. The molecule has 4 rings (SSSR count). The van der Waals surface area contributed by atoms with Crippen LogP contribution in [0.3, 0.4) is 0 Å². The van der Waals surface area contributed by atoms with Crippen molar-refractivity contribution < 1.29 is 4.79 Å². The minimum atomic E-state index is -0.0533. The Bertz CT molecular complexity index is 635. The van der Waals surface area contributed by atoms with Crippen LogP contribution in [0.15, 0.2) is 30.7 Å². The van der Waals surface area contributed by atoms with Gasteiger partial charge in [-0.05, 0) is 37.1 Å². The SMILES string of the molecule is O=C(NC1CN2CC[C@H]1C2)c1cc2cccn2cn1. The molecule has 2 fully saturated rings. The zero-order valence-electron chi connectivity index (χ0n) is 10.6. The molecule has 3 atom stereocenters. The highest BCUT2D eigenvalue weighted by Gasteiger charge is 2.38. The van der Waals surface area contributed by atoms with Crippen LogP contribution in [-0.2, 0) is 0 Å². The van der Waals surface area contributed by atoms with Gasteiger partial charge in [-0.2, -0.15) is 0 Å². The van der Waals surface area contributed by atoms with E-state index < -0.39 is 0 Å². The smallest absolute Gasteiger partial charge is 0.270 e. The summed E-state index contributed by atoms with van der Waals surface area (Å²) in [6.07, 6.45) is 4.82. The van der Waals surface area contributed by atoms with E-state index in [1.165, 1.54) is 13.0 Å². The molecule has 2 aromatic heterocycles. The third kappa shape index (κ3) is 1.81. The lowest BCUT2D eigenvalue weighted by atomic mass is 10.00. The van der Waals surface area contributed by atoms with E-state index in [2.05, 4.69) is 15.2 Å². The number of amides is 1. The molecule has 2 bridgehead atoms. The molecule has 1 amide bonds. The molecule has 2 aromatic rings. The highest BCUT2D eigenvalue weighted by atomic mass is 16.2. The number of piperidine rings is 1. The second-order valence-corrected chi connectivity index (χ2v) is 5.50. The van der Waals surface area contributed by atoms with Gasteiger partial charge in [0.15, 0.2) is 0 Å². The molecule has 0 aromatic carbocycles. The van der Waals surface area contributed by atoms with Crippen LogP contribution in [0.2, 0.25) is 0 Å². The second kappa shape index (κ2) is 4.06. The average molecular weight is 256 g/mol. The molecule has 2 aliphatic rings. The second-order valence-electron chi connectivity index (χ2n) is 5.50. The van der Waals surface area contributed by atoms with E-state index in [9.17, 15) is 4.79 Å². The minimum Gasteiger partial charge on any atom is -0.346 e. The van der Waals surface area contributed by atoms with Gasteiger partial charge in [-0.3, -0.25) is 4.79 Å². The number of carbonyl (C=O) groups excluding carboxylic acids is 1. The lowest BCUT2D eigenvalue weighted by Crippen LogP contribution is -2.43. The van der Waals surface area contributed by atoms with E-state index in [0.717, 1.165) is 18.6 Å². The first-order valence-electron chi connectivity index (χ1n) is 6.75. The molecule has 0 spiro atoms. The summed E-state index contributed by atoms with van der Waals surface area (Å²) >= 11 is 0. The normalized spacial score (nSPS) is 28.9. The monoisotopic (exact) mass is 256 g/mol. The molecule has 0 saturated carbocycles. The standard InChI is InChI=1S/C14H16N4O/c19-14(16-13-8-17-5-3-10(13)7-17)12-6-11-2-1-4-18(11)9-15-12/h1-2,4,6,9-10,13H,3,5,7-8H2,(H,16,19)/t10-,13?/m0/s1. The van der Waals surface area contributed by atoms with E-state index in [1.807, 2.05) is 28.8 Å². The van der Waals surface area contributed by atoms with E-state index in [0.29, 0.717) is 17.7 Å². The third-order valence-corrected chi connectivity index (χ3v) is 4.30. The zero-order valence-corrected chi connectivity index (χ0v) is 10.6. The zero-order chi connectivity index (χ0) is 12.8. The Morgan fingerprint density at radius 2 is 2.37 bits per heavy atom. The van der Waals surface area contributed by atoms with Gasteiger partial charge in [0.2, 0.25) is 0 Å². The van der Waals surface area contributed by atoms with Gasteiger partial charge in [0.25, 0.3) is 5.91 Å². The molecule has 0 aliphatic carbocycles. The van der Waals surface area contributed by atoms with Crippen molar-refractivity contribution in [3.05, 3.63) is 36.4 Å². The Hall–Kier alpha value is -1.88. The number of rotatable bonds is 2. The summed E-state index contributed by atoms with van der Waals surface area (Å²) in [5.74, 6) is 0.573. The first kappa shape index (κ1) is 11.0. The fourth-order valence-corrected chi connectivity index (χ4v) is 3.25. The van der Waals surface area contributed by atoms with Crippen molar-refractivity contribution in [1.82, 2.24) is 19.6 Å². The Morgan fingerprint density at radius 3 is 3.16 bits per heavy atom. The molecule has 2 saturated heterocycles. The van der Waals surface area contributed by atoms with Gasteiger partial charge in [0, 0.05) is 30.8 Å². The van der Waals surface area contributed by atoms with Crippen LogP contribution in [0.25, 0.3) is 5.52 Å². The molecular formula is C14H16N4O. The number of carbonyl (C=O) groups is 1. The topological polar surface area (TPSA) is 49.6 Å². The minimum absolute atomic E-state index is 0.0533. The first-order chi connectivity index (χ1) is 9.29. The maximum Gasteiger partial charge on any atom is 0.270 e. The fourth-order valence-electron chi connectivity index (χ4n) is 3.25. The highest BCUT2D eigenvalue weighted by Crippen LogP contribution is 2.27. The molecule has 2 aliphatic heterocycles. The van der Waals surface area contributed by atoms with Gasteiger partial charge in [-0.15, -0.1) is 0 Å². The fraction of sp³-hybridized carbons (Fsp3) is 0.429. The van der Waals surface area contributed by atoms with Crippen LogP contribution in [0.4, 0.5) is 0 Å². The number of hydrogen-bond acceptors (Lipinski definition) is 3. The maximum atomic E-state index is 12.2. The lowest BCUT2D eigenvalue weighted by Gasteiger charge is -2.22. The van der Waals surface area contributed by atoms with Crippen molar-refractivity contribution >= 4 is 11.4 Å². The van der Waals surface area contributed by atoms with Crippen molar-refractivity contribution in [3.63, 3.8) is 0 Å². The van der Waals surface area contributed by atoms with Crippen LogP contribution in [0.1, 0.15) is 16.9 Å². The average Bonchev–Trinajstić information content (AvgIpc) is 3.13. The van der Waals surface area contributed by atoms with E-state index in [4.69, 9.17) is 0 Å². The molecule has 98 valence electrons. The molecule has 0 radical (unpaired) electrons. The molecular weight excluding hydrogens is 240 g/mol. The van der Waals surface area contributed by atoms with Crippen LogP contribution in [0.5, 0.6) is 0 Å². The summed E-state index contributed by atoms with van der Waals surface area (Å²) in [6.45, 7) is 3.31. The molecule has 19 heavy (non-hydrogen) atoms. The molecule has 5 heteroatoms. The third-order valence-electron chi connectivity index (χ3n) is 4.30. The highest BCUT2D eigenvalue weighted by molar-refractivity contribution is 5.93. The van der Waals surface area contributed by atoms with Gasteiger partial charge in [-0.1, -0.05) is 0 Å². The predicted octanol–water partition coefficient (Wildman–Crippen LogP) is 0.768. The number of hydrogen-bond donors (Lipinski definition) is 1. The van der Waals surface area contributed by atoms with Gasteiger partial charge in [0.05, 0.1) is 6.33 Å². The Kier molecular flexibility index (Phi) is 2.35. The summed E-state index contributed by atoms with van der Waals surface area (Å²) in [5.41, 5.74) is 1.50. The van der Waals surface area contributed by atoms with Crippen molar-refractivity contribution in [3.8, 4) is 0 Å². The summed E-state index contributed by atoms with van der Waals surface area (Å²) in [6, 6.07) is 6.05. The number of nitrogens with zero attached hydrogens (tertiary/aromatic N) is 3. The maximum absolute atomic E-state index is 12.2. The van der Waals surface area contributed by atoms with Crippen LogP contribution >= 0.6 is 0 Å². The Labute approximate surface area is 111 Å². The van der Waals surface area contributed by atoms with E-state index in [-0.39, 0.29) is 5.91 Å². The van der Waals surface area contributed by atoms with Crippen LogP contribution in [-0.4, -0.2) is 45.9 Å². The first-order valence-corrected chi connectivity index (χ1v) is 6.75. The van der Waals surface area contributed by atoms with Crippen molar-refractivity contribution in [2.75, 3.05) is 19.6 Å². The van der Waals surface area contributed by atoms with Crippen LogP contribution < -0.4 is 5.32 Å². The van der Waals surface area contributed by atoms with Gasteiger partial charge in [-0.25, -0.2) is 4.98 Å². The van der Waals surface area contributed by atoms with Crippen molar-refractivity contribution in [2.45, 2.75) is 12.5 Å². The summed E-state index contributed by atoms with van der Waals surface area (Å²) < 4.78 is 1.90. The van der Waals surface area contributed by atoms with Crippen molar-refractivity contribution in [1.29, 1.82) is 0 Å². The van der Waals surface area contributed by atoms with Gasteiger partial charge < -0.3 is 14.6 Å². The van der Waals surface area contributed by atoms with E-state index in [1.54, 1.807) is 6.33 Å². The molecule has 5 nitrogen and oxygen atoms in total.